The zero-order valence-corrected chi connectivity index (χ0v) is 18.3. The van der Waals surface area contributed by atoms with Gasteiger partial charge >= 0.3 is 0 Å². The lowest BCUT2D eigenvalue weighted by molar-refractivity contribution is 0.293. The van der Waals surface area contributed by atoms with Gasteiger partial charge in [0.2, 0.25) is 0 Å². The van der Waals surface area contributed by atoms with Crippen LogP contribution in [0.5, 0.6) is 0 Å². The first-order chi connectivity index (χ1) is 14.5. The van der Waals surface area contributed by atoms with E-state index >= 15 is 0 Å². The quantitative estimate of drug-likeness (QED) is 0.287. The van der Waals surface area contributed by atoms with Crippen LogP contribution in [0.3, 0.4) is 0 Å². The van der Waals surface area contributed by atoms with Gasteiger partial charge in [0.15, 0.2) is 0 Å². The number of nitrogens with one attached hydrogen (secondary N) is 2. The van der Waals surface area contributed by atoms with E-state index < -0.39 is 0 Å². The number of aliphatic hydroxyl groups excluding tert-OH is 1. The second-order valence-corrected chi connectivity index (χ2v) is 7.75. The van der Waals surface area contributed by atoms with Gasteiger partial charge in [-0.2, -0.15) is 0 Å². The van der Waals surface area contributed by atoms with Gasteiger partial charge in [-0.15, -0.1) is 0 Å². The summed E-state index contributed by atoms with van der Waals surface area (Å²) in [5.41, 5.74) is 23.1. The third-order valence-corrected chi connectivity index (χ3v) is 5.35. The Bertz CT molecular complexity index is 810. The molecular formula is C23H34ClN5O. The Labute approximate surface area is 184 Å². The molecule has 0 fully saturated rings. The predicted molar refractivity (Wildman–Crippen MR) is 126 cm³/mol. The van der Waals surface area contributed by atoms with E-state index in [0.29, 0.717) is 24.4 Å². The Balaban J connectivity index is 2.19. The summed E-state index contributed by atoms with van der Waals surface area (Å²) >= 11 is 6.16. The fourth-order valence-electron chi connectivity index (χ4n) is 3.52. The highest BCUT2D eigenvalue weighted by Crippen LogP contribution is 2.32. The van der Waals surface area contributed by atoms with Crippen molar-refractivity contribution in [3.05, 3.63) is 76.0 Å². The van der Waals surface area contributed by atoms with Gasteiger partial charge < -0.3 is 27.6 Å². The van der Waals surface area contributed by atoms with Gasteiger partial charge in [-0.25, -0.2) is 0 Å². The summed E-state index contributed by atoms with van der Waals surface area (Å²) in [7, 11) is 1.84. The van der Waals surface area contributed by atoms with Gasteiger partial charge in [-0.1, -0.05) is 41.9 Å². The first-order valence-corrected chi connectivity index (χ1v) is 10.7. The molecule has 0 bridgehead atoms. The Kier molecular flexibility index (Phi) is 10.1. The van der Waals surface area contributed by atoms with E-state index in [9.17, 15) is 5.11 Å². The third kappa shape index (κ3) is 7.00. The molecular weight excluding hydrogens is 398 g/mol. The summed E-state index contributed by atoms with van der Waals surface area (Å²) in [6.07, 6.45) is 4.31. The molecule has 0 spiro atoms. The molecule has 0 radical (unpaired) electrons. The molecule has 2 atom stereocenters. The number of benzene rings is 2. The van der Waals surface area contributed by atoms with Gasteiger partial charge in [-0.3, -0.25) is 5.32 Å². The number of hydrogen-bond acceptors (Lipinski definition) is 6. The molecule has 0 aromatic heterocycles. The van der Waals surface area contributed by atoms with Gasteiger partial charge in [-0.05, 0) is 66.4 Å². The van der Waals surface area contributed by atoms with Crippen molar-refractivity contribution in [1.82, 2.24) is 5.32 Å². The SMILES string of the molecule is CNc1cc(Cl)ccc1C(NC(N)Cc1ccc(CCCN)cc1)/C(=C\N)CCO. The van der Waals surface area contributed by atoms with Gasteiger partial charge in [0.25, 0.3) is 0 Å². The number of anilines is 1. The first-order valence-electron chi connectivity index (χ1n) is 10.3. The van der Waals surface area contributed by atoms with E-state index in [-0.39, 0.29) is 18.8 Å². The van der Waals surface area contributed by atoms with Crippen LogP contribution in [0, 0.1) is 0 Å². The minimum atomic E-state index is -0.307. The second-order valence-electron chi connectivity index (χ2n) is 7.32. The highest BCUT2D eigenvalue weighted by molar-refractivity contribution is 6.30. The molecule has 2 rings (SSSR count). The van der Waals surface area contributed by atoms with E-state index in [2.05, 4.69) is 34.9 Å². The molecule has 0 aliphatic carbocycles. The maximum absolute atomic E-state index is 9.49. The van der Waals surface area contributed by atoms with E-state index in [0.717, 1.165) is 35.2 Å². The van der Waals surface area contributed by atoms with Crippen molar-refractivity contribution in [2.75, 3.05) is 25.5 Å². The molecule has 0 amide bonds. The summed E-state index contributed by atoms with van der Waals surface area (Å²) in [6.45, 7) is 0.700. The van der Waals surface area contributed by atoms with E-state index in [1.54, 1.807) is 6.20 Å². The van der Waals surface area contributed by atoms with Crippen molar-refractivity contribution >= 4 is 17.3 Å². The van der Waals surface area contributed by atoms with Crippen molar-refractivity contribution in [3.63, 3.8) is 0 Å². The summed E-state index contributed by atoms with van der Waals surface area (Å²) in [5, 5.41) is 16.8. The topological polar surface area (TPSA) is 122 Å². The van der Waals surface area contributed by atoms with Crippen LogP contribution in [-0.2, 0) is 12.8 Å². The average Bonchev–Trinajstić information content (AvgIpc) is 2.75. The van der Waals surface area contributed by atoms with Crippen molar-refractivity contribution < 1.29 is 5.11 Å². The Morgan fingerprint density at radius 1 is 1.17 bits per heavy atom. The summed E-state index contributed by atoms with van der Waals surface area (Å²) in [5.74, 6) is 0. The van der Waals surface area contributed by atoms with Gasteiger partial charge in [0, 0.05) is 30.8 Å². The summed E-state index contributed by atoms with van der Waals surface area (Å²) in [6, 6.07) is 13.9. The Hall–Kier alpha value is -2.09. The van der Waals surface area contributed by atoms with Crippen molar-refractivity contribution in [2.24, 2.45) is 17.2 Å². The molecule has 6 nitrogen and oxygen atoms in total. The van der Waals surface area contributed by atoms with E-state index in [1.165, 1.54) is 5.56 Å². The zero-order chi connectivity index (χ0) is 21.9. The number of aliphatic hydroxyl groups is 1. The van der Waals surface area contributed by atoms with E-state index in [1.807, 2.05) is 25.2 Å². The van der Waals surface area contributed by atoms with Crippen molar-refractivity contribution in [2.45, 2.75) is 37.9 Å². The molecule has 30 heavy (non-hydrogen) atoms. The lowest BCUT2D eigenvalue weighted by atomic mass is 9.94. The second kappa shape index (κ2) is 12.6. The van der Waals surface area contributed by atoms with Crippen LogP contribution >= 0.6 is 11.6 Å². The molecule has 0 saturated heterocycles. The van der Waals surface area contributed by atoms with Crippen LogP contribution < -0.4 is 27.8 Å². The van der Waals surface area contributed by atoms with Crippen LogP contribution in [0.15, 0.2) is 54.2 Å². The minimum Gasteiger partial charge on any atom is -0.405 e. The monoisotopic (exact) mass is 431 g/mol. The molecule has 0 heterocycles. The molecule has 0 saturated carbocycles. The highest BCUT2D eigenvalue weighted by atomic mass is 35.5. The fourth-order valence-corrected chi connectivity index (χ4v) is 3.69. The van der Waals surface area contributed by atoms with Crippen LogP contribution in [0.4, 0.5) is 5.69 Å². The number of hydrogen-bond donors (Lipinski definition) is 6. The normalized spacial score (nSPS) is 13.8. The molecule has 2 aromatic rings. The molecule has 2 aromatic carbocycles. The third-order valence-electron chi connectivity index (χ3n) is 5.11. The van der Waals surface area contributed by atoms with Crippen molar-refractivity contribution in [3.8, 4) is 0 Å². The zero-order valence-electron chi connectivity index (χ0n) is 17.6. The molecule has 2 unspecified atom stereocenters. The number of nitrogens with two attached hydrogens (primary N) is 3. The van der Waals surface area contributed by atoms with Crippen molar-refractivity contribution in [1.29, 1.82) is 0 Å². The molecule has 164 valence electrons. The first kappa shape index (κ1) is 24.2. The van der Waals surface area contributed by atoms with Crippen LogP contribution in [0.2, 0.25) is 5.02 Å². The van der Waals surface area contributed by atoms with Crippen LogP contribution in [0.25, 0.3) is 0 Å². The summed E-state index contributed by atoms with van der Waals surface area (Å²) < 4.78 is 0. The average molecular weight is 432 g/mol. The largest absolute Gasteiger partial charge is 0.405 e. The predicted octanol–water partition coefficient (Wildman–Crippen LogP) is 2.66. The van der Waals surface area contributed by atoms with E-state index in [4.69, 9.17) is 28.8 Å². The Morgan fingerprint density at radius 3 is 2.47 bits per heavy atom. The maximum Gasteiger partial charge on any atom is 0.0595 e. The van der Waals surface area contributed by atoms with Crippen LogP contribution in [0.1, 0.15) is 35.6 Å². The number of halogens is 1. The molecule has 0 aliphatic heterocycles. The fraction of sp³-hybridized carbons (Fsp3) is 0.391. The maximum atomic E-state index is 9.49. The van der Waals surface area contributed by atoms with Gasteiger partial charge in [0.05, 0.1) is 12.2 Å². The van der Waals surface area contributed by atoms with Crippen LogP contribution in [-0.4, -0.2) is 31.5 Å². The lowest BCUT2D eigenvalue weighted by Crippen LogP contribution is -2.42. The standard InChI is InChI=1S/C23H34ClN5O/c1-28-21-14-19(24)8-9-20(21)23(18(15-26)10-12-30)29-22(27)13-17-6-4-16(5-7-17)3-2-11-25/h4-9,14-15,22-23,28-30H,2-3,10-13,25-27H2,1H3/b18-15-. The lowest BCUT2D eigenvalue weighted by Gasteiger charge is -2.28. The number of aryl methyl sites for hydroxylation is 1. The Morgan fingerprint density at radius 2 is 1.87 bits per heavy atom. The molecule has 7 heteroatoms. The molecule has 9 N–H and O–H groups in total. The van der Waals surface area contributed by atoms with Gasteiger partial charge in [0.1, 0.15) is 0 Å². The smallest absolute Gasteiger partial charge is 0.0595 e. The molecule has 0 aliphatic rings. The number of rotatable bonds is 12. The summed E-state index contributed by atoms with van der Waals surface area (Å²) in [4.78, 5) is 0. The highest BCUT2D eigenvalue weighted by Gasteiger charge is 2.22. The minimum absolute atomic E-state index is 0.00316.